The lowest BCUT2D eigenvalue weighted by atomic mass is 10.00. The van der Waals surface area contributed by atoms with Crippen LogP contribution in [0.5, 0.6) is 0 Å². The van der Waals surface area contributed by atoms with E-state index in [0.717, 1.165) is 18.7 Å². The third kappa shape index (κ3) is 2.96. The molecule has 1 heterocycles. The lowest BCUT2D eigenvalue weighted by Gasteiger charge is -2.13. The molecule has 1 aliphatic rings. The van der Waals surface area contributed by atoms with Crippen LogP contribution in [0.4, 0.5) is 4.39 Å². The SMILES string of the molecule is Cc1cc(-c2ncc(F)c(Cl)c2C2CC2C=O)ccc1S(C)(=O)=O. The number of benzene rings is 1. The molecule has 0 bridgehead atoms. The summed E-state index contributed by atoms with van der Waals surface area (Å²) in [6, 6.07) is 4.82. The molecule has 0 spiro atoms. The van der Waals surface area contributed by atoms with Gasteiger partial charge in [-0.1, -0.05) is 17.7 Å². The number of rotatable bonds is 4. The first-order chi connectivity index (χ1) is 11.2. The summed E-state index contributed by atoms with van der Waals surface area (Å²) in [5.74, 6) is -0.958. The number of pyridine rings is 1. The highest BCUT2D eigenvalue weighted by Crippen LogP contribution is 2.51. The molecule has 2 aromatic rings. The highest BCUT2D eigenvalue weighted by molar-refractivity contribution is 7.90. The third-order valence-electron chi connectivity index (χ3n) is 4.24. The Balaban J connectivity index is 2.15. The molecule has 126 valence electrons. The number of hydrogen-bond donors (Lipinski definition) is 0. The fourth-order valence-electron chi connectivity index (χ4n) is 2.96. The van der Waals surface area contributed by atoms with Gasteiger partial charge in [-0.05, 0) is 37.0 Å². The van der Waals surface area contributed by atoms with E-state index in [9.17, 15) is 17.6 Å². The first-order valence-electron chi connectivity index (χ1n) is 7.34. The summed E-state index contributed by atoms with van der Waals surface area (Å²) in [5, 5.41) is -0.0285. The molecule has 0 radical (unpaired) electrons. The van der Waals surface area contributed by atoms with Gasteiger partial charge in [0, 0.05) is 23.3 Å². The zero-order valence-electron chi connectivity index (χ0n) is 13.1. The maximum atomic E-state index is 13.8. The summed E-state index contributed by atoms with van der Waals surface area (Å²) in [5.41, 5.74) is 2.22. The Morgan fingerprint density at radius 1 is 1.38 bits per heavy atom. The van der Waals surface area contributed by atoms with Crippen LogP contribution in [-0.4, -0.2) is 25.9 Å². The molecule has 3 rings (SSSR count). The van der Waals surface area contributed by atoms with Crippen molar-refractivity contribution in [3.05, 3.63) is 46.4 Å². The number of sulfone groups is 1. The van der Waals surface area contributed by atoms with Gasteiger partial charge in [0.05, 0.1) is 21.8 Å². The highest BCUT2D eigenvalue weighted by Gasteiger charge is 2.42. The molecule has 7 heteroatoms. The van der Waals surface area contributed by atoms with Crippen LogP contribution in [0, 0.1) is 18.7 Å². The van der Waals surface area contributed by atoms with Crippen molar-refractivity contribution < 1.29 is 17.6 Å². The largest absolute Gasteiger partial charge is 0.303 e. The Kier molecular flexibility index (Phi) is 4.21. The standard InChI is InChI=1S/C17H15ClFNO3S/c1-9-5-10(3-4-14(9)24(2,22)23)17-15(12-6-11(12)8-21)16(18)13(19)7-20-17/h3-5,7-8,11-12H,6H2,1-2H3. The van der Waals surface area contributed by atoms with Crippen LogP contribution in [0.15, 0.2) is 29.3 Å². The molecule has 2 atom stereocenters. The minimum atomic E-state index is -3.33. The number of aryl methyl sites for hydroxylation is 1. The van der Waals surface area contributed by atoms with Crippen molar-refractivity contribution in [1.29, 1.82) is 0 Å². The second kappa shape index (κ2) is 5.93. The number of carbonyl (C=O) groups is 1. The Bertz CT molecular complexity index is 943. The summed E-state index contributed by atoms with van der Waals surface area (Å²) in [4.78, 5) is 15.4. The summed E-state index contributed by atoms with van der Waals surface area (Å²) < 4.78 is 37.3. The van der Waals surface area contributed by atoms with Gasteiger partial charge < -0.3 is 4.79 Å². The van der Waals surface area contributed by atoms with Gasteiger partial charge in [-0.15, -0.1) is 0 Å². The van der Waals surface area contributed by atoms with E-state index >= 15 is 0 Å². The third-order valence-corrected chi connectivity index (χ3v) is 5.88. The van der Waals surface area contributed by atoms with E-state index in [1.807, 2.05) is 0 Å². The van der Waals surface area contributed by atoms with Crippen molar-refractivity contribution >= 4 is 27.7 Å². The summed E-state index contributed by atoms with van der Waals surface area (Å²) >= 11 is 6.12. The van der Waals surface area contributed by atoms with E-state index in [1.165, 1.54) is 6.07 Å². The second-order valence-electron chi connectivity index (χ2n) is 6.08. The Labute approximate surface area is 144 Å². The quantitative estimate of drug-likeness (QED) is 0.775. The van der Waals surface area contributed by atoms with Crippen LogP contribution in [0.3, 0.4) is 0 Å². The smallest absolute Gasteiger partial charge is 0.175 e. The van der Waals surface area contributed by atoms with Crippen LogP contribution < -0.4 is 0 Å². The fraction of sp³-hybridized carbons (Fsp3) is 0.294. The van der Waals surface area contributed by atoms with Crippen LogP contribution in [-0.2, 0) is 14.6 Å². The lowest BCUT2D eigenvalue weighted by molar-refractivity contribution is -0.108. The van der Waals surface area contributed by atoms with Crippen LogP contribution in [0.2, 0.25) is 5.02 Å². The van der Waals surface area contributed by atoms with Crippen molar-refractivity contribution in [2.75, 3.05) is 6.26 Å². The van der Waals surface area contributed by atoms with E-state index in [1.54, 1.807) is 19.1 Å². The number of halogens is 2. The number of aldehydes is 1. The zero-order chi connectivity index (χ0) is 17.6. The molecular formula is C17H15ClFNO3S. The number of nitrogens with zero attached hydrogens (tertiary/aromatic N) is 1. The molecule has 0 amide bonds. The second-order valence-corrected chi connectivity index (χ2v) is 8.44. The Hall–Kier alpha value is -1.79. The maximum Gasteiger partial charge on any atom is 0.175 e. The van der Waals surface area contributed by atoms with Crippen LogP contribution in [0.25, 0.3) is 11.3 Å². The van der Waals surface area contributed by atoms with Gasteiger partial charge >= 0.3 is 0 Å². The van der Waals surface area contributed by atoms with E-state index in [2.05, 4.69) is 4.98 Å². The molecular weight excluding hydrogens is 353 g/mol. The molecule has 0 N–H and O–H groups in total. The molecule has 1 fully saturated rings. The van der Waals surface area contributed by atoms with Gasteiger partial charge in [0.2, 0.25) is 0 Å². The molecule has 4 nitrogen and oxygen atoms in total. The van der Waals surface area contributed by atoms with Crippen molar-refractivity contribution in [2.24, 2.45) is 5.92 Å². The molecule has 1 aromatic carbocycles. The van der Waals surface area contributed by atoms with Gasteiger partial charge in [-0.25, -0.2) is 12.8 Å². The molecule has 24 heavy (non-hydrogen) atoms. The van der Waals surface area contributed by atoms with E-state index in [0.29, 0.717) is 28.8 Å². The van der Waals surface area contributed by atoms with Gasteiger partial charge in [-0.3, -0.25) is 4.98 Å². The number of aromatic nitrogens is 1. The molecule has 1 saturated carbocycles. The minimum absolute atomic E-state index is 0.0285. The molecule has 0 saturated heterocycles. The average Bonchev–Trinajstić information content (AvgIpc) is 3.27. The van der Waals surface area contributed by atoms with E-state index in [4.69, 9.17) is 11.6 Å². The van der Waals surface area contributed by atoms with E-state index < -0.39 is 15.7 Å². The van der Waals surface area contributed by atoms with Crippen molar-refractivity contribution in [2.45, 2.75) is 24.2 Å². The van der Waals surface area contributed by atoms with Gasteiger partial charge in [0.25, 0.3) is 0 Å². The normalized spacial score (nSPS) is 20.0. The van der Waals surface area contributed by atoms with E-state index in [-0.39, 0.29) is 21.8 Å². The first kappa shape index (κ1) is 17.0. The van der Waals surface area contributed by atoms with Gasteiger partial charge in [0.1, 0.15) is 6.29 Å². The van der Waals surface area contributed by atoms with Gasteiger partial charge in [-0.2, -0.15) is 0 Å². The Morgan fingerprint density at radius 2 is 2.08 bits per heavy atom. The number of carbonyl (C=O) groups excluding carboxylic acids is 1. The highest BCUT2D eigenvalue weighted by atomic mass is 35.5. The van der Waals surface area contributed by atoms with Crippen molar-refractivity contribution in [1.82, 2.24) is 4.98 Å². The molecule has 1 aliphatic carbocycles. The first-order valence-corrected chi connectivity index (χ1v) is 9.61. The average molecular weight is 368 g/mol. The van der Waals surface area contributed by atoms with Crippen LogP contribution >= 0.6 is 11.6 Å². The predicted molar refractivity (Wildman–Crippen MR) is 89.4 cm³/mol. The van der Waals surface area contributed by atoms with Gasteiger partial charge in [0.15, 0.2) is 15.7 Å². The minimum Gasteiger partial charge on any atom is -0.303 e. The topological polar surface area (TPSA) is 64.1 Å². The van der Waals surface area contributed by atoms with Crippen molar-refractivity contribution in [3.8, 4) is 11.3 Å². The monoisotopic (exact) mass is 367 g/mol. The Morgan fingerprint density at radius 3 is 2.62 bits per heavy atom. The molecule has 0 aliphatic heterocycles. The summed E-state index contributed by atoms with van der Waals surface area (Å²) in [6.07, 6.45) is 3.64. The molecule has 2 unspecified atom stereocenters. The fourth-order valence-corrected chi connectivity index (χ4v) is 4.20. The zero-order valence-corrected chi connectivity index (χ0v) is 14.7. The lowest BCUT2D eigenvalue weighted by Crippen LogP contribution is -2.02. The maximum absolute atomic E-state index is 13.8. The summed E-state index contributed by atoms with van der Waals surface area (Å²) in [7, 11) is -3.33. The molecule has 1 aromatic heterocycles. The summed E-state index contributed by atoms with van der Waals surface area (Å²) in [6.45, 7) is 1.69. The van der Waals surface area contributed by atoms with Crippen molar-refractivity contribution in [3.63, 3.8) is 0 Å². The predicted octanol–water partition coefficient (Wildman–Crippen LogP) is 3.56. The number of hydrogen-bond acceptors (Lipinski definition) is 4. The van der Waals surface area contributed by atoms with Crippen LogP contribution in [0.1, 0.15) is 23.5 Å².